The quantitative estimate of drug-likeness (QED) is 0.851. The number of para-hydroxylation sites is 1. The number of pyridine rings is 1. The number of nitrogens with zero attached hydrogens (tertiary/aromatic N) is 1. The fourth-order valence-electron chi connectivity index (χ4n) is 1.75. The molecule has 0 bridgehead atoms. The molecule has 3 heteroatoms. The fourth-order valence-corrected chi connectivity index (χ4v) is 1.75. The zero-order chi connectivity index (χ0) is 11.4. The molecule has 0 atom stereocenters. The van der Waals surface area contributed by atoms with Crippen molar-refractivity contribution in [3.05, 3.63) is 36.0 Å². The van der Waals surface area contributed by atoms with Crippen molar-refractivity contribution in [3.8, 4) is 5.75 Å². The predicted octanol–water partition coefficient (Wildman–Crippen LogP) is 2.13. The molecule has 0 aliphatic rings. The SMILES string of the molecule is COc1cccc2ccc(CCCN)nc12. The van der Waals surface area contributed by atoms with Crippen LogP contribution in [0.25, 0.3) is 10.9 Å². The van der Waals surface area contributed by atoms with E-state index in [2.05, 4.69) is 17.1 Å². The summed E-state index contributed by atoms with van der Waals surface area (Å²) in [7, 11) is 1.67. The van der Waals surface area contributed by atoms with Crippen molar-refractivity contribution in [1.82, 2.24) is 4.98 Å². The Morgan fingerprint density at radius 2 is 2.12 bits per heavy atom. The third kappa shape index (κ3) is 2.14. The highest BCUT2D eigenvalue weighted by Crippen LogP contribution is 2.23. The van der Waals surface area contributed by atoms with Gasteiger partial charge in [0.25, 0.3) is 0 Å². The Morgan fingerprint density at radius 1 is 1.25 bits per heavy atom. The van der Waals surface area contributed by atoms with E-state index in [1.165, 1.54) is 0 Å². The Hall–Kier alpha value is -1.61. The standard InChI is InChI=1S/C13H16N2O/c1-16-12-6-2-4-10-7-8-11(5-3-9-14)15-13(10)12/h2,4,6-8H,3,5,9,14H2,1H3. The van der Waals surface area contributed by atoms with E-state index < -0.39 is 0 Å². The van der Waals surface area contributed by atoms with Crippen molar-refractivity contribution in [2.75, 3.05) is 13.7 Å². The highest BCUT2D eigenvalue weighted by Gasteiger charge is 2.03. The molecule has 2 rings (SSSR count). The molecule has 1 aromatic heterocycles. The highest BCUT2D eigenvalue weighted by atomic mass is 16.5. The average molecular weight is 216 g/mol. The molecule has 1 aromatic carbocycles. The second kappa shape index (κ2) is 4.94. The predicted molar refractivity (Wildman–Crippen MR) is 65.7 cm³/mol. The lowest BCUT2D eigenvalue weighted by atomic mass is 10.1. The van der Waals surface area contributed by atoms with E-state index >= 15 is 0 Å². The Morgan fingerprint density at radius 3 is 2.88 bits per heavy atom. The van der Waals surface area contributed by atoms with E-state index in [-0.39, 0.29) is 0 Å². The van der Waals surface area contributed by atoms with Gasteiger partial charge in [-0.25, -0.2) is 4.98 Å². The zero-order valence-corrected chi connectivity index (χ0v) is 9.44. The van der Waals surface area contributed by atoms with Crippen LogP contribution in [-0.4, -0.2) is 18.6 Å². The van der Waals surface area contributed by atoms with Gasteiger partial charge in [-0.2, -0.15) is 0 Å². The van der Waals surface area contributed by atoms with Crippen LogP contribution < -0.4 is 10.5 Å². The Balaban J connectivity index is 2.42. The number of aromatic nitrogens is 1. The second-order valence-electron chi connectivity index (χ2n) is 3.73. The summed E-state index contributed by atoms with van der Waals surface area (Å²) in [6.07, 6.45) is 1.89. The number of nitrogens with two attached hydrogens (primary N) is 1. The topological polar surface area (TPSA) is 48.1 Å². The van der Waals surface area contributed by atoms with Gasteiger partial charge in [-0.15, -0.1) is 0 Å². The third-order valence-electron chi connectivity index (χ3n) is 2.60. The number of hydrogen-bond donors (Lipinski definition) is 1. The summed E-state index contributed by atoms with van der Waals surface area (Å²) >= 11 is 0. The number of rotatable bonds is 4. The summed E-state index contributed by atoms with van der Waals surface area (Å²) in [5.74, 6) is 0.826. The van der Waals surface area contributed by atoms with E-state index in [0.29, 0.717) is 6.54 Å². The van der Waals surface area contributed by atoms with E-state index in [4.69, 9.17) is 10.5 Å². The summed E-state index contributed by atoms with van der Waals surface area (Å²) in [6, 6.07) is 10.1. The Labute approximate surface area is 95.2 Å². The molecular weight excluding hydrogens is 200 g/mol. The number of benzene rings is 1. The van der Waals surface area contributed by atoms with Gasteiger partial charge in [-0.05, 0) is 31.5 Å². The van der Waals surface area contributed by atoms with Gasteiger partial charge in [0.1, 0.15) is 11.3 Å². The summed E-state index contributed by atoms with van der Waals surface area (Å²) in [4.78, 5) is 4.60. The fraction of sp³-hybridized carbons (Fsp3) is 0.308. The molecule has 0 aliphatic carbocycles. The van der Waals surface area contributed by atoms with Gasteiger partial charge in [0.05, 0.1) is 7.11 Å². The van der Waals surface area contributed by atoms with Gasteiger partial charge >= 0.3 is 0 Å². The van der Waals surface area contributed by atoms with Crippen molar-refractivity contribution in [3.63, 3.8) is 0 Å². The van der Waals surface area contributed by atoms with Crippen LogP contribution in [0.3, 0.4) is 0 Å². The molecule has 3 nitrogen and oxygen atoms in total. The smallest absolute Gasteiger partial charge is 0.145 e. The molecule has 0 amide bonds. The van der Waals surface area contributed by atoms with E-state index in [9.17, 15) is 0 Å². The number of hydrogen-bond acceptors (Lipinski definition) is 3. The maximum atomic E-state index is 5.49. The minimum Gasteiger partial charge on any atom is -0.494 e. The lowest BCUT2D eigenvalue weighted by molar-refractivity contribution is 0.419. The third-order valence-corrected chi connectivity index (χ3v) is 2.60. The summed E-state index contributed by atoms with van der Waals surface area (Å²) < 4.78 is 5.30. The monoisotopic (exact) mass is 216 g/mol. The zero-order valence-electron chi connectivity index (χ0n) is 9.44. The Kier molecular flexibility index (Phi) is 3.37. The van der Waals surface area contributed by atoms with Crippen LogP contribution in [0.15, 0.2) is 30.3 Å². The number of methoxy groups -OCH3 is 1. The van der Waals surface area contributed by atoms with Crippen molar-refractivity contribution in [2.24, 2.45) is 5.73 Å². The summed E-state index contributed by atoms with van der Waals surface area (Å²) in [6.45, 7) is 0.700. The minimum atomic E-state index is 0.700. The number of ether oxygens (including phenoxy) is 1. The highest BCUT2D eigenvalue weighted by molar-refractivity contribution is 5.84. The molecule has 0 saturated carbocycles. The minimum absolute atomic E-state index is 0.700. The molecule has 1 heterocycles. The molecule has 0 unspecified atom stereocenters. The van der Waals surface area contributed by atoms with Crippen LogP contribution in [-0.2, 0) is 6.42 Å². The largest absolute Gasteiger partial charge is 0.494 e. The molecule has 0 radical (unpaired) electrons. The van der Waals surface area contributed by atoms with E-state index in [1.54, 1.807) is 7.11 Å². The maximum absolute atomic E-state index is 5.49. The van der Waals surface area contributed by atoms with Gasteiger partial charge in [-0.1, -0.05) is 18.2 Å². The van der Waals surface area contributed by atoms with Crippen molar-refractivity contribution >= 4 is 10.9 Å². The number of aryl methyl sites for hydroxylation is 1. The molecule has 0 saturated heterocycles. The first kappa shape index (κ1) is 10.9. The molecule has 16 heavy (non-hydrogen) atoms. The van der Waals surface area contributed by atoms with Crippen LogP contribution >= 0.6 is 0 Å². The van der Waals surface area contributed by atoms with Crippen LogP contribution in [0, 0.1) is 0 Å². The van der Waals surface area contributed by atoms with Crippen molar-refractivity contribution in [1.29, 1.82) is 0 Å². The molecule has 2 N–H and O–H groups in total. The van der Waals surface area contributed by atoms with Gasteiger partial charge < -0.3 is 10.5 Å². The summed E-state index contributed by atoms with van der Waals surface area (Å²) in [5.41, 5.74) is 7.49. The summed E-state index contributed by atoms with van der Waals surface area (Å²) in [5, 5.41) is 1.11. The lowest BCUT2D eigenvalue weighted by Gasteiger charge is -2.06. The van der Waals surface area contributed by atoms with Crippen molar-refractivity contribution in [2.45, 2.75) is 12.8 Å². The molecule has 2 aromatic rings. The lowest BCUT2D eigenvalue weighted by Crippen LogP contribution is -2.01. The number of fused-ring (bicyclic) bond motifs is 1. The van der Waals surface area contributed by atoms with Crippen LogP contribution in [0.4, 0.5) is 0 Å². The first-order chi connectivity index (χ1) is 7.85. The molecule has 0 aliphatic heterocycles. The van der Waals surface area contributed by atoms with Gasteiger partial charge in [0.2, 0.25) is 0 Å². The van der Waals surface area contributed by atoms with Gasteiger partial charge in [0, 0.05) is 11.1 Å². The first-order valence-corrected chi connectivity index (χ1v) is 5.48. The van der Waals surface area contributed by atoms with Crippen LogP contribution in [0.1, 0.15) is 12.1 Å². The molecular formula is C13H16N2O. The molecule has 84 valence electrons. The molecule has 0 spiro atoms. The second-order valence-corrected chi connectivity index (χ2v) is 3.73. The normalized spacial score (nSPS) is 10.6. The van der Waals surface area contributed by atoms with Crippen molar-refractivity contribution < 1.29 is 4.74 Å². The van der Waals surface area contributed by atoms with Crippen LogP contribution in [0.5, 0.6) is 5.75 Å². The Bertz CT molecular complexity index is 482. The van der Waals surface area contributed by atoms with E-state index in [1.807, 2.05) is 18.2 Å². The maximum Gasteiger partial charge on any atom is 0.145 e. The van der Waals surface area contributed by atoms with Gasteiger partial charge in [0.15, 0.2) is 0 Å². The molecule has 0 fully saturated rings. The van der Waals surface area contributed by atoms with Crippen LogP contribution in [0.2, 0.25) is 0 Å². The van der Waals surface area contributed by atoms with Gasteiger partial charge in [-0.3, -0.25) is 0 Å². The van der Waals surface area contributed by atoms with E-state index in [0.717, 1.165) is 35.2 Å². The first-order valence-electron chi connectivity index (χ1n) is 5.48. The average Bonchev–Trinajstić information content (AvgIpc) is 2.35.